The number of aryl methyl sites for hydroxylation is 1. The standard InChI is InChI=1S/C14H21NS/c1-10-7-5-6-8-11(10)13-12(16)9-15(4)14(13,2)3/h5-8,12-13,16H,9H2,1-4H3. The Hall–Kier alpha value is -0.470. The maximum atomic E-state index is 4.78. The third-order valence-electron chi connectivity index (χ3n) is 4.11. The number of rotatable bonds is 1. The molecule has 88 valence electrons. The van der Waals surface area contributed by atoms with Gasteiger partial charge in [-0.25, -0.2) is 0 Å². The summed E-state index contributed by atoms with van der Waals surface area (Å²) in [4.78, 5) is 2.42. The molecule has 2 unspecified atom stereocenters. The van der Waals surface area contributed by atoms with Gasteiger partial charge in [0.05, 0.1) is 0 Å². The molecule has 1 heterocycles. The van der Waals surface area contributed by atoms with Crippen LogP contribution >= 0.6 is 12.6 Å². The van der Waals surface area contributed by atoms with E-state index in [2.05, 4.69) is 57.0 Å². The minimum Gasteiger partial charge on any atom is -0.299 e. The highest BCUT2D eigenvalue weighted by molar-refractivity contribution is 7.81. The third kappa shape index (κ3) is 1.78. The molecule has 1 fully saturated rings. The molecule has 0 saturated carbocycles. The maximum absolute atomic E-state index is 4.78. The summed E-state index contributed by atoms with van der Waals surface area (Å²) in [7, 11) is 2.20. The second-order valence-corrected chi connectivity index (χ2v) is 6.10. The van der Waals surface area contributed by atoms with Crippen LogP contribution in [-0.2, 0) is 0 Å². The summed E-state index contributed by atoms with van der Waals surface area (Å²) in [5, 5.41) is 0.432. The monoisotopic (exact) mass is 235 g/mol. The number of hydrogen-bond donors (Lipinski definition) is 1. The highest BCUT2D eigenvalue weighted by Crippen LogP contribution is 2.44. The molecule has 0 radical (unpaired) electrons. The van der Waals surface area contributed by atoms with E-state index >= 15 is 0 Å². The van der Waals surface area contributed by atoms with Gasteiger partial charge in [-0.3, -0.25) is 4.90 Å². The van der Waals surface area contributed by atoms with Gasteiger partial charge in [-0.1, -0.05) is 24.3 Å². The molecule has 1 aliphatic heterocycles. The van der Waals surface area contributed by atoms with Gasteiger partial charge in [-0.15, -0.1) is 0 Å². The molecule has 0 N–H and O–H groups in total. The maximum Gasteiger partial charge on any atom is 0.0231 e. The van der Waals surface area contributed by atoms with Crippen LogP contribution in [0.25, 0.3) is 0 Å². The van der Waals surface area contributed by atoms with E-state index in [1.807, 2.05) is 0 Å². The summed E-state index contributed by atoms with van der Waals surface area (Å²) in [5.41, 5.74) is 3.03. The van der Waals surface area contributed by atoms with E-state index in [9.17, 15) is 0 Å². The second-order valence-electron chi connectivity index (χ2n) is 5.44. The number of likely N-dealkylation sites (N-methyl/N-ethyl adjacent to an activating group) is 1. The molecule has 0 aliphatic carbocycles. The molecule has 2 heteroatoms. The summed E-state index contributed by atoms with van der Waals surface area (Å²) in [6, 6.07) is 8.70. The van der Waals surface area contributed by atoms with Crippen LogP contribution in [0.3, 0.4) is 0 Å². The summed E-state index contributed by atoms with van der Waals surface area (Å²) in [6.07, 6.45) is 0. The Bertz CT molecular complexity index is 386. The van der Waals surface area contributed by atoms with Gasteiger partial charge >= 0.3 is 0 Å². The lowest BCUT2D eigenvalue weighted by atomic mass is 9.81. The van der Waals surface area contributed by atoms with Gasteiger partial charge in [-0.2, -0.15) is 12.6 Å². The van der Waals surface area contributed by atoms with Crippen LogP contribution in [0.2, 0.25) is 0 Å². The highest BCUT2D eigenvalue weighted by Gasteiger charge is 2.45. The molecule has 1 aromatic rings. The number of thiol groups is 1. The summed E-state index contributed by atoms with van der Waals surface area (Å²) < 4.78 is 0. The van der Waals surface area contributed by atoms with Gasteiger partial charge in [0, 0.05) is 23.3 Å². The molecular formula is C14H21NS. The van der Waals surface area contributed by atoms with Crippen molar-refractivity contribution in [1.82, 2.24) is 4.90 Å². The van der Waals surface area contributed by atoms with Gasteiger partial charge in [-0.05, 0) is 38.9 Å². The zero-order valence-corrected chi connectivity index (χ0v) is 11.5. The van der Waals surface area contributed by atoms with Crippen molar-refractivity contribution in [2.45, 2.75) is 37.5 Å². The van der Waals surface area contributed by atoms with Crippen LogP contribution < -0.4 is 0 Å². The fourth-order valence-electron chi connectivity index (χ4n) is 2.85. The van der Waals surface area contributed by atoms with E-state index in [-0.39, 0.29) is 5.54 Å². The highest BCUT2D eigenvalue weighted by atomic mass is 32.1. The smallest absolute Gasteiger partial charge is 0.0231 e. The first-order chi connectivity index (χ1) is 7.44. The van der Waals surface area contributed by atoms with Crippen LogP contribution in [-0.4, -0.2) is 29.3 Å². The fourth-order valence-corrected chi connectivity index (χ4v) is 3.62. The van der Waals surface area contributed by atoms with E-state index in [1.54, 1.807) is 0 Å². The van der Waals surface area contributed by atoms with E-state index in [0.29, 0.717) is 11.2 Å². The van der Waals surface area contributed by atoms with E-state index in [1.165, 1.54) is 11.1 Å². The molecule has 0 spiro atoms. The molecule has 0 aromatic heterocycles. The van der Waals surface area contributed by atoms with E-state index in [0.717, 1.165) is 6.54 Å². The molecule has 1 saturated heterocycles. The first-order valence-electron chi connectivity index (χ1n) is 5.89. The largest absolute Gasteiger partial charge is 0.299 e. The summed E-state index contributed by atoms with van der Waals surface area (Å²) in [6.45, 7) is 7.90. The number of nitrogens with zero attached hydrogens (tertiary/aromatic N) is 1. The number of hydrogen-bond acceptors (Lipinski definition) is 2. The predicted octanol–water partition coefficient (Wildman–Crippen LogP) is 3.10. The van der Waals surface area contributed by atoms with Crippen LogP contribution in [0.5, 0.6) is 0 Å². The van der Waals surface area contributed by atoms with Crippen molar-refractivity contribution in [2.24, 2.45) is 0 Å². The number of benzene rings is 1. The fraction of sp³-hybridized carbons (Fsp3) is 0.571. The second kappa shape index (κ2) is 4.08. The first kappa shape index (κ1) is 12.0. The molecule has 2 atom stereocenters. The molecular weight excluding hydrogens is 214 g/mol. The van der Waals surface area contributed by atoms with Crippen LogP contribution in [0, 0.1) is 6.92 Å². The molecule has 0 bridgehead atoms. The van der Waals surface area contributed by atoms with Crippen molar-refractivity contribution in [3.05, 3.63) is 35.4 Å². The van der Waals surface area contributed by atoms with Crippen molar-refractivity contribution < 1.29 is 0 Å². The van der Waals surface area contributed by atoms with Crippen molar-refractivity contribution in [3.8, 4) is 0 Å². The minimum absolute atomic E-state index is 0.193. The quantitative estimate of drug-likeness (QED) is 0.732. The Kier molecular flexibility index (Phi) is 3.06. The molecule has 1 aromatic carbocycles. The van der Waals surface area contributed by atoms with E-state index in [4.69, 9.17) is 12.6 Å². The van der Waals surface area contributed by atoms with Gasteiger partial charge in [0.15, 0.2) is 0 Å². The van der Waals surface area contributed by atoms with E-state index < -0.39 is 0 Å². The molecule has 2 rings (SSSR count). The van der Waals surface area contributed by atoms with Crippen molar-refractivity contribution in [2.75, 3.05) is 13.6 Å². The first-order valence-corrected chi connectivity index (χ1v) is 6.41. The zero-order chi connectivity index (χ0) is 11.9. The predicted molar refractivity (Wildman–Crippen MR) is 73.4 cm³/mol. The lowest BCUT2D eigenvalue weighted by Gasteiger charge is -2.35. The third-order valence-corrected chi connectivity index (χ3v) is 4.58. The Morgan fingerprint density at radius 1 is 1.31 bits per heavy atom. The lowest BCUT2D eigenvalue weighted by Crippen LogP contribution is -2.39. The van der Waals surface area contributed by atoms with Gasteiger partial charge in [0.25, 0.3) is 0 Å². The van der Waals surface area contributed by atoms with Gasteiger partial charge in [0.1, 0.15) is 0 Å². The van der Waals surface area contributed by atoms with Crippen molar-refractivity contribution in [3.63, 3.8) is 0 Å². The van der Waals surface area contributed by atoms with Crippen LogP contribution in [0.15, 0.2) is 24.3 Å². The lowest BCUT2D eigenvalue weighted by molar-refractivity contribution is 0.201. The van der Waals surface area contributed by atoms with Gasteiger partial charge in [0.2, 0.25) is 0 Å². The van der Waals surface area contributed by atoms with Crippen molar-refractivity contribution >= 4 is 12.6 Å². The van der Waals surface area contributed by atoms with Crippen LogP contribution in [0.4, 0.5) is 0 Å². The minimum atomic E-state index is 0.193. The summed E-state index contributed by atoms with van der Waals surface area (Å²) >= 11 is 4.78. The Labute approximate surface area is 104 Å². The molecule has 16 heavy (non-hydrogen) atoms. The number of likely N-dealkylation sites (tertiary alicyclic amines) is 1. The Morgan fingerprint density at radius 2 is 1.94 bits per heavy atom. The zero-order valence-electron chi connectivity index (χ0n) is 10.6. The summed E-state index contributed by atoms with van der Waals surface area (Å²) in [5.74, 6) is 0.516. The Balaban J connectivity index is 2.44. The van der Waals surface area contributed by atoms with Crippen molar-refractivity contribution in [1.29, 1.82) is 0 Å². The average molecular weight is 235 g/mol. The van der Waals surface area contributed by atoms with Gasteiger partial charge < -0.3 is 0 Å². The molecule has 0 amide bonds. The SMILES string of the molecule is Cc1ccccc1C1C(S)CN(C)C1(C)C. The normalized spacial score (nSPS) is 29.6. The Morgan fingerprint density at radius 3 is 2.44 bits per heavy atom. The average Bonchev–Trinajstić information content (AvgIpc) is 2.39. The topological polar surface area (TPSA) is 3.24 Å². The molecule has 1 aliphatic rings. The molecule has 1 nitrogen and oxygen atoms in total. The van der Waals surface area contributed by atoms with Crippen LogP contribution in [0.1, 0.15) is 30.9 Å².